The summed E-state index contributed by atoms with van der Waals surface area (Å²) in [5.41, 5.74) is -0.267. The Kier molecular flexibility index (Phi) is 7.37. The van der Waals surface area contributed by atoms with Crippen LogP contribution in [0.1, 0.15) is 55.3 Å². The molecule has 0 aliphatic heterocycles. The van der Waals surface area contributed by atoms with Gasteiger partial charge in [-0.25, -0.2) is 0 Å². The lowest BCUT2D eigenvalue weighted by Gasteiger charge is -2.21. The van der Waals surface area contributed by atoms with Gasteiger partial charge >= 0.3 is 0 Å². The third kappa shape index (κ3) is 6.17. The number of carbonyl (C=O) groups is 2. The maximum Gasteiger partial charge on any atom is 0.280 e. The van der Waals surface area contributed by atoms with Crippen LogP contribution in [0.4, 0.5) is 5.69 Å². The number of aldehydes is 1. The second-order valence-corrected chi connectivity index (χ2v) is 6.36. The van der Waals surface area contributed by atoms with Crippen LogP contribution in [-0.2, 0) is 4.79 Å². The van der Waals surface area contributed by atoms with E-state index in [1.807, 2.05) is 0 Å². The van der Waals surface area contributed by atoms with Crippen molar-refractivity contribution in [2.75, 3.05) is 13.2 Å². The molecule has 1 aromatic rings. The number of nitrogens with zero attached hydrogens (tertiary/aromatic N) is 1. The molecule has 0 spiro atoms. The third-order valence-electron chi connectivity index (χ3n) is 4.45. The van der Waals surface area contributed by atoms with E-state index in [9.17, 15) is 19.7 Å². The lowest BCUT2D eigenvalue weighted by molar-refractivity contribution is -0.385. The summed E-state index contributed by atoms with van der Waals surface area (Å²) in [4.78, 5) is 32.9. The van der Waals surface area contributed by atoms with Crippen LogP contribution in [0.5, 0.6) is 5.75 Å². The van der Waals surface area contributed by atoms with Crippen LogP contribution < -0.4 is 10.1 Å². The molecule has 1 aliphatic carbocycles. The number of hydrogen-bond acceptors (Lipinski definition) is 5. The lowest BCUT2D eigenvalue weighted by atomic mass is 9.89. The van der Waals surface area contributed by atoms with Gasteiger partial charge in [-0.05, 0) is 37.3 Å². The fraction of sp³-hybridized carbons (Fsp3) is 0.556. The number of hydrogen-bond donors (Lipinski definition) is 1. The Labute approximate surface area is 146 Å². The van der Waals surface area contributed by atoms with Gasteiger partial charge in [0, 0.05) is 19.0 Å². The van der Waals surface area contributed by atoms with Gasteiger partial charge in [0.2, 0.25) is 5.91 Å². The monoisotopic (exact) mass is 348 g/mol. The first-order valence-corrected chi connectivity index (χ1v) is 8.73. The molecule has 1 aliphatic rings. The first-order chi connectivity index (χ1) is 12.1. The zero-order chi connectivity index (χ0) is 18.1. The average Bonchev–Trinajstić information content (AvgIpc) is 2.64. The van der Waals surface area contributed by atoms with Crippen molar-refractivity contribution in [3.8, 4) is 5.75 Å². The van der Waals surface area contributed by atoms with Crippen molar-refractivity contribution in [2.45, 2.75) is 44.9 Å². The number of benzene rings is 1. The average molecular weight is 348 g/mol. The smallest absolute Gasteiger partial charge is 0.280 e. The highest BCUT2D eigenvalue weighted by molar-refractivity contribution is 5.82. The number of nitrogens with one attached hydrogen (secondary N) is 1. The van der Waals surface area contributed by atoms with Crippen LogP contribution in [0.3, 0.4) is 0 Å². The van der Waals surface area contributed by atoms with Crippen molar-refractivity contribution >= 4 is 17.9 Å². The van der Waals surface area contributed by atoms with Crippen LogP contribution >= 0.6 is 0 Å². The molecule has 1 amide bonds. The van der Waals surface area contributed by atoms with Gasteiger partial charge in [0.25, 0.3) is 5.69 Å². The molecule has 0 heterocycles. The molecule has 0 saturated heterocycles. The van der Waals surface area contributed by atoms with Gasteiger partial charge in [-0.1, -0.05) is 19.3 Å². The lowest BCUT2D eigenvalue weighted by Crippen LogP contribution is -2.30. The molecule has 25 heavy (non-hydrogen) atoms. The Balaban J connectivity index is 1.67. The van der Waals surface area contributed by atoms with Crippen LogP contribution in [0.15, 0.2) is 18.2 Å². The molecule has 1 aromatic carbocycles. The van der Waals surface area contributed by atoms with Gasteiger partial charge in [0.15, 0.2) is 6.29 Å². The Hall–Kier alpha value is -2.44. The maximum atomic E-state index is 11.8. The van der Waals surface area contributed by atoms with Crippen molar-refractivity contribution < 1.29 is 19.2 Å². The van der Waals surface area contributed by atoms with Gasteiger partial charge in [0.05, 0.1) is 17.1 Å². The fourth-order valence-electron chi connectivity index (χ4n) is 3.04. The molecule has 1 saturated carbocycles. The van der Waals surface area contributed by atoms with Gasteiger partial charge in [-0.3, -0.25) is 19.7 Å². The zero-order valence-electron chi connectivity index (χ0n) is 14.2. The first kappa shape index (κ1) is 18.9. The van der Waals surface area contributed by atoms with E-state index in [0.717, 1.165) is 6.54 Å². The minimum absolute atomic E-state index is 0.0199. The number of ether oxygens (including phenoxy) is 1. The second kappa shape index (κ2) is 9.76. The van der Waals surface area contributed by atoms with E-state index in [1.54, 1.807) is 0 Å². The number of rotatable bonds is 9. The summed E-state index contributed by atoms with van der Waals surface area (Å²) in [5.74, 6) is 1.01. The number of nitro benzene ring substituents is 1. The predicted octanol–water partition coefficient (Wildman–Crippen LogP) is 3.26. The molecule has 1 fully saturated rings. The minimum atomic E-state index is -0.607. The van der Waals surface area contributed by atoms with E-state index in [0.29, 0.717) is 37.4 Å². The SMILES string of the molecule is O=Cc1cc(OCCCC(=O)NCC2CCCCC2)ccc1[N+](=O)[O-]. The van der Waals surface area contributed by atoms with Crippen molar-refractivity contribution in [1.29, 1.82) is 0 Å². The van der Waals surface area contributed by atoms with E-state index in [1.165, 1.54) is 50.3 Å². The summed E-state index contributed by atoms with van der Waals surface area (Å²) in [7, 11) is 0. The molecule has 2 rings (SSSR count). The predicted molar refractivity (Wildman–Crippen MR) is 92.8 cm³/mol. The summed E-state index contributed by atoms with van der Waals surface area (Å²) >= 11 is 0. The zero-order valence-corrected chi connectivity index (χ0v) is 14.2. The van der Waals surface area contributed by atoms with Gasteiger partial charge < -0.3 is 10.1 Å². The highest BCUT2D eigenvalue weighted by Crippen LogP contribution is 2.23. The van der Waals surface area contributed by atoms with Crippen LogP contribution in [-0.4, -0.2) is 30.3 Å². The van der Waals surface area contributed by atoms with Crippen LogP contribution in [0, 0.1) is 16.0 Å². The summed E-state index contributed by atoms with van der Waals surface area (Å²) in [6.07, 6.45) is 7.56. The molecule has 136 valence electrons. The maximum absolute atomic E-state index is 11.8. The van der Waals surface area contributed by atoms with E-state index < -0.39 is 4.92 Å². The summed E-state index contributed by atoms with van der Waals surface area (Å²) < 4.78 is 5.47. The van der Waals surface area contributed by atoms with Crippen LogP contribution in [0.25, 0.3) is 0 Å². The number of nitro groups is 1. The minimum Gasteiger partial charge on any atom is -0.494 e. The first-order valence-electron chi connectivity index (χ1n) is 8.73. The van der Waals surface area contributed by atoms with Crippen molar-refractivity contribution in [3.63, 3.8) is 0 Å². The molecule has 7 heteroatoms. The highest BCUT2D eigenvalue weighted by Gasteiger charge is 2.15. The standard InChI is InChI=1S/C18H24N2O5/c21-13-15-11-16(8-9-17(15)20(23)24)25-10-4-7-18(22)19-12-14-5-2-1-3-6-14/h8-9,11,13-14H,1-7,10,12H2,(H,19,22). The quantitative estimate of drug-likeness (QED) is 0.320. The largest absolute Gasteiger partial charge is 0.494 e. The molecular formula is C18H24N2O5. The molecular weight excluding hydrogens is 324 g/mol. The van der Waals surface area contributed by atoms with Crippen LogP contribution in [0.2, 0.25) is 0 Å². The molecule has 1 N–H and O–H groups in total. The topological polar surface area (TPSA) is 98.5 Å². The van der Waals surface area contributed by atoms with E-state index in [-0.39, 0.29) is 17.2 Å². The van der Waals surface area contributed by atoms with Crippen molar-refractivity contribution in [1.82, 2.24) is 5.32 Å². The van der Waals surface area contributed by atoms with Gasteiger partial charge in [0.1, 0.15) is 5.75 Å². The Morgan fingerprint density at radius 1 is 1.32 bits per heavy atom. The summed E-state index contributed by atoms with van der Waals surface area (Å²) in [5, 5.41) is 13.7. The van der Waals surface area contributed by atoms with Gasteiger partial charge in [-0.15, -0.1) is 0 Å². The molecule has 0 radical (unpaired) electrons. The molecule has 0 atom stereocenters. The molecule has 0 aromatic heterocycles. The Morgan fingerprint density at radius 2 is 2.08 bits per heavy atom. The molecule has 0 unspecified atom stereocenters. The van der Waals surface area contributed by atoms with E-state index in [4.69, 9.17) is 4.74 Å². The van der Waals surface area contributed by atoms with Crippen molar-refractivity contribution in [3.05, 3.63) is 33.9 Å². The highest BCUT2D eigenvalue weighted by atomic mass is 16.6. The van der Waals surface area contributed by atoms with E-state index >= 15 is 0 Å². The number of amides is 1. The molecule has 7 nitrogen and oxygen atoms in total. The van der Waals surface area contributed by atoms with Gasteiger partial charge in [-0.2, -0.15) is 0 Å². The Bertz CT molecular complexity index is 611. The summed E-state index contributed by atoms with van der Waals surface area (Å²) in [6.45, 7) is 1.07. The Morgan fingerprint density at radius 3 is 2.76 bits per heavy atom. The molecule has 0 bridgehead atoms. The number of carbonyl (C=O) groups excluding carboxylic acids is 2. The van der Waals surface area contributed by atoms with E-state index in [2.05, 4.69) is 5.32 Å². The fourth-order valence-corrected chi connectivity index (χ4v) is 3.04. The normalized spacial score (nSPS) is 14.7. The van der Waals surface area contributed by atoms with Crippen molar-refractivity contribution in [2.24, 2.45) is 5.92 Å². The summed E-state index contributed by atoms with van der Waals surface area (Å²) in [6, 6.07) is 4.04. The second-order valence-electron chi connectivity index (χ2n) is 6.36. The third-order valence-corrected chi connectivity index (χ3v) is 4.45.